The molecule has 2 N–H and O–H groups in total. The maximum atomic E-state index is 13.1. The van der Waals surface area contributed by atoms with Gasteiger partial charge in [0.2, 0.25) is 17.4 Å². The van der Waals surface area contributed by atoms with Gasteiger partial charge in [0, 0.05) is 0 Å². The topological polar surface area (TPSA) is 147 Å². The molecule has 0 amide bonds. The Morgan fingerprint density at radius 1 is 1.08 bits per heavy atom. The summed E-state index contributed by atoms with van der Waals surface area (Å²) in [6.07, 6.45) is 1.34. The number of hydrogen-bond acceptors (Lipinski definition) is 10. The molecule has 0 fully saturated rings. The lowest BCUT2D eigenvalue weighted by molar-refractivity contribution is 0.0691. The number of ether oxygens (including phenoxy) is 4. The van der Waals surface area contributed by atoms with Crippen LogP contribution in [0, 0.1) is 11.3 Å². The number of allylic oxidation sites excluding steroid dienone is 1. The zero-order chi connectivity index (χ0) is 25.4. The van der Waals surface area contributed by atoms with Crippen LogP contribution in [0.15, 0.2) is 79.9 Å². The fourth-order valence-corrected chi connectivity index (χ4v) is 4.10. The van der Waals surface area contributed by atoms with Gasteiger partial charge in [-0.15, -0.1) is 0 Å². The fraction of sp³-hybridized carbons (Fsp3) is 0.115. The number of methoxy groups -OCH3 is 2. The van der Waals surface area contributed by atoms with Gasteiger partial charge in [-0.1, -0.05) is 12.1 Å². The van der Waals surface area contributed by atoms with Gasteiger partial charge in [0.1, 0.15) is 17.2 Å². The minimum absolute atomic E-state index is 0.00508. The molecule has 0 spiro atoms. The summed E-state index contributed by atoms with van der Waals surface area (Å²) in [5, 5.41) is 10.4. The van der Waals surface area contributed by atoms with Crippen molar-refractivity contribution in [2.45, 2.75) is 5.92 Å². The van der Waals surface area contributed by atoms with Crippen LogP contribution in [0.5, 0.6) is 23.0 Å². The number of nitrogens with two attached hydrogens (primary N) is 1. The normalized spacial score (nSPS) is 14.5. The van der Waals surface area contributed by atoms with Crippen molar-refractivity contribution >= 4 is 16.9 Å². The van der Waals surface area contributed by atoms with E-state index in [1.807, 2.05) is 6.07 Å². The Labute approximate surface area is 203 Å². The first-order chi connectivity index (χ1) is 17.5. The molecular formula is C26H18N2O8. The first kappa shape index (κ1) is 22.6. The lowest BCUT2D eigenvalue weighted by Gasteiger charge is -2.26. The lowest BCUT2D eigenvalue weighted by atomic mass is 9.83. The summed E-state index contributed by atoms with van der Waals surface area (Å²) in [6, 6.07) is 14.9. The van der Waals surface area contributed by atoms with E-state index in [1.165, 1.54) is 38.7 Å². The molecule has 0 saturated carbocycles. The first-order valence-electron chi connectivity index (χ1n) is 10.6. The van der Waals surface area contributed by atoms with Crippen molar-refractivity contribution < 1.29 is 32.6 Å². The molecule has 180 valence electrons. The maximum absolute atomic E-state index is 13.1. The first-order valence-corrected chi connectivity index (χ1v) is 10.6. The lowest BCUT2D eigenvalue weighted by Crippen LogP contribution is -2.26. The van der Waals surface area contributed by atoms with E-state index in [0.29, 0.717) is 16.5 Å². The fourth-order valence-electron chi connectivity index (χ4n) is 4.10. The van der Waals surface area contributed by atoms with Crippen LogP contribution in [0.1, 0.15) is 27.6 Å². The highest BCUT2D eigenvalue weighted by molar-refractivity contribution is 5.89. The summed E-state index contributed by atoms with van der Waals surface area (Å²) in [4.78, 5) is 25.6. The summed E-state index contributed by atoms with van der Waals surface area (Å²) in [5.74, 6) is -1.53. The molecule has 1 aliphatic rings. The van der Waals surface area contributed by atoms with E-state index in [9.17, 15) is 14.9 Å². The van der Waals surface area contributed by atoms with Crippen molar-refractivity contribution in [2.75, 3.05) is 14.2 Å². The highest BCUT2D eigenvalue weighted by Crippen LogP contribution is 2.47. The molecule has 3 heterocycles. The zero-order valence-corrected chi connectivity index (χ0v) is 19.1. The van der Waals surface area contributed by atoms with Crippen molar-refractivity contribution in [2.24, 2.45) is 5.73 Å². The molecule has 2 aromatic carbocycles. The monoisotopic (exact) mass is 486 g/mol. The maximum Gasteiger partial charge on any atom is 0.379 e. The number of carbonyl (C=O) groups excluding carboxylic acids is 1. The molecule has 4 aromatic rings. The molecule has 0 unspecified atom stereocenters. The third-order valence-electron chi connectivity index (χ3n) is 5.71. The van der Waals surface area contributed by atoms with Crippen LogP contribution in [0.3, 0.4) is 0 Å². The van der Waals surface area contributed by atoms with Gasteiger partial charge in [-0.05, 0) is 42.0 Å². The Balaban J connectivity index is 1.71. The third kappa shape index (κ3) is 3.59. The van der Waals surface area contributed by atoms with Crippen molar-refractivity contribution in [1.29, 1.82) is 5.26 Å². The van der Waals surface area contributed by atoms with E-state index < -0.39 is 17.5 Å². The zero-order valence-electron chi connectivity index (χ0n) is 19.1. The molecule has 0 radical (unpaired) electrons. The van der Waals surface area contributed by atoms with Gasteiger partial charge in [0.15, 0.2) is 17.2 Å². The highest BCUT2D eigenvalue weighted by Gasteiger charge is 2.37. The van der Waals surface area contributed by atoms with Crippen LogP contribution in [0.25, 0.3) is 11.0 Å². The Hall–Kier alpha value is -5.17. The Morgan fingerprint density at radius 3 is 2.44 bits per heavy atom. The highest BCUT2D eigenvalue weighted by atomic mass is 16.6. The molecule has 0 saturated heterocycles. The molecule has 1 aliphatic heterocycles. The number of nitriles is 1. The summed E-state index contributed by atoms with van der Waals surface area (Å²) in [7, 11) is 2.75. The smallest absolute Gasteiger partial charge is 0.379 e. The molecule has 10 nitrogen and oxygen atoms in total. The van der Waals surface area contributed by atoms with Gasteiger partial charge in [0.25, 0.3) is 0 Å². The Kier molecular flexibility index (Phi) is 5.58. The SMILES string of the molecule is COc1cc([C@@H]2C(C#N)=C(N)Oc3c2c(=O)oc2ccccc32)cc(OC)c1OC(=O)c1ccco1. The molecule has 0 bridgehead atoms. The predicted octanol–water partition coefficient (Wildman–Crippen LogP) is 3.84. The van der Waals surface area contributed by atoms with Crippen LogP contribution >= 0.6 is 0 Å². The van der Waals surface area contributed by atoms with Crippen molar-refractivity contribution in [3.8, 4) is 29.1 Å². The minimum Gasteiger partial charge on any atom is -0.493 e. The number of nitrogens with zero attached hydrogens (tertiary/aromatic N) is 1. The predicted molar refractivity (Wildman–Crippen MR) is 125 cm³/mol. The quantitative estimate of drug-likeness (QED) is 0.251. The largest absolute Gasteiger partial charge is 0.493 e. The van der Waals surface area contributed by atoms with E-state index in [0.717, 1.165) is 0 Å². The van der Waals surface area contributed by atoms with Crippen LogP contribution in [0.2, 0.25) is 0 Å². The van der Waals surface area contributed by atoms with Crippen molar-refractivity contribution in [1.82, 2.24) is 0 Å². The van der Waals surface area contributed by atoms with Crippen LogP contribution in [-0.4, -0.2) is 20.2 Å². The van der Waals surface area contributed by atoms with Crippen LogP contribution < -0.4 is 30.3 Å². The molecule has 10 heteroatoms. The second kappa shape index (κ2) is 8.88. The molecule has 1 atom stereocenters. The van der Waals surface area contributed by atoms with Gasteiger partial charge in [0.05, 0.1) is 37.4 Å². The Bertz CT molecular complexity index is 1600. The summed E-state index contributed by atoms with van der Waals surface area (Å²) in [5.41, 5.74) is 6.22. The summed E-state index contributed by atoms with van der Waals surface area (Å²) < 4.78 is 32.8. The third-order valence-corrected chi connectivity index (χ3v) is 5.71. The van der Waals surface area contributed by atoms with Crippen molar-refractivity contribution in [3.05, 3.63) is 93.6 Å². The van der Waals surface area contributed by atoms with Gasteiger partial charge < -0.3 is 33.5 Å². The molecule has 36 heavy (non-hydrogen) atoms. The van der Waals surface area contributed by atoms with Gasteiger partial charge >= 0.3 is 11.6 Å². The minimum atomic E-state index is -0.975. The van der Waals surface area contributed by atoms with Crippen molar-refractivity contribution in [3.63, 3.8) is 0 Å². The number of rotatable bonds is 5. The number of para-hydroxylation sites is 1. The number of fused-ring (bicyclic) bond motifs is 3. The number of carbonyl (C=O) groups is 1. The van der Waals surface area contributed by atoms with E-state index in [1.54, 1.807) is 30.3 Å². The second-order valence-corrected chi connectivity index (χ2v) is 7.67. The number of hydrogen-bond donors (Lipinski definition) is 1. The number of furan rings is 1. The standard InChI is InChI=1S/C26H18N2O8/c1-31-18-10-13(11-19(32-2)23(18)36-25(29)17-8-5-9-33-17)20-15(12-27)24(28)35-22-14-6-3-4-7-16(14)34-26(30)21(20)22/h3-11,20H,28H2,1-2H3/t20-/m1/s1. The average Bonchev–Trinajstić information content (AvgIpc) is 3.43. The van der Waals surface area contributed by atoms with E-state index in [-0.39, 0.29) is 45.8 Å². The number of benzene rings is 2. The Morgan fingerprint density at radius 2 is 1.81 bits per heavy atom. The number of esters is 1. The molecular weight excluding hydrogens is 468 g/mol. The van der Waals surface area contributed by atoms with Crippen LogP contribution in [0.4, 0.5) is 0 Å². The average molecular weight is 486 g/mol. The molecule has 0 aliphatic carbocycles. The van der Waals surface area contributed by atoms with E-state index >= 15 is 0 Å². The summed E-state index contributed by atoms with van der Waals surface area (Å²) >= 11 is 0. The van der Waals surface area contributed by atoms with Crippen LogP contribution in [-0.2, 0) is 0 Å². The van der Waals surface area contributed by atoms with Gasteiger partial charge in [-0.25, -0.2) is 9.59 Å². The van der Waals surface area contributed by atoms with Gasteiger partial charge in [-0.3, -0.25) is 0 Å². The summed E-state index contributed by atoms with van der Waals surface area (Å²) in [6.45, 7) is 0. The second-order valence-electron chi connectivity index (χ2n) is 7.67. The van der Waals surface area contributed by atoms with Gasteiger partial charge in [-0.2, -0.15) is 5.26 Å². The van der Waals surface area contributed by atoms with E-state index in [2.05, 4.69) is 0 Å². The molecule has 2 aromatic heterocycles. The van der Waals surface area contributed by atoms with E-state index in [4.69, 9.17) is 33.5 Å². The molecule has 5 rings (SSSR count).